The fourth-order valence-corrected chi connectivity index (χ4v) is 7.75. The third-order valence-corrected chi connectivity index (χ3v) is 9.48. The van der Waals surface area contributed by atoms with Gasteiger partial charge in [0.15, 0.2) is 0 Å². The molecule has 6 nitrogen and oxygen atoms in total. The maximum Gasteiger partial charge on any atom is 0.260 e. The molecule has 0 aromatic carbocycles. The normalized spacial score (nSPS) is 19.0. The molecule has 10 heteroatoms. The fourth-order valence-electron chi connectivity index (χ4n) is 2.72. The van der Waals surface area contributed by atoms with Crippen LogP contribution in [-0.4, -0.2) is 52.8 Å². The highest BCUT2D eigenvalue weighted by molar-refractivity contribution is 8.77. The van der Waals surface area contributed by atoms with Gasteiger partial charge < -0.3 is 14.4 Å². The molecule has 1 rings (SSSR count). The number of carbonyl (C=O) groups excluding carboxylic acids is 1. The molecule has 0 saturated carbocycles. The summed E-state index contributed by atoms with van der Waals surface area (Å²) in [5.74, 6) is 1.34. The summed E-state index contributed by atoms with van der Waals surface area (Å²) in [7, 11) is 2.65. The Bertz CT molecular complexity index is 467. The summed E-state index contributed by atoms with van der Waals surface area (Å²) in [6.07, 6.45) is 5.47. The number of carbonyl (C=O) groups is 1. The van der Waals surface area contributed by atoms with E-state index < -0.39 is 8.53 Å². The van der Waals surface area contributed by atoms with Gasteiger partial charge in [0, 0.05) is 30.0 Å². The number of nitrogens with one attached hydrogen (secondary N) is 1. The molecule has 0 bridgehead atoms. The highest BCUT2D eigenvalue weighted by atomic mass is 33.1. The quantitative estimate of drug-likeness (QED) is 0.116. The summed E-state index contributed by atoms with van der Waals surface area (Å²) in [5, 5.41) is 12.4. The lowest BCUT2D eigenvalue weighted by molar-refractivity contribution is -0.121. The van der Waals surface area contributed by atoms with Crippen LogP contribution in [0.3, 0.4) is 0 Å². The summed E-state index contributed by atoms with van der Waals surface area (Å²) in [6, 6.07) is 2.28. The van der Waals surface area contributed by atoms with E-state index in [-0.39, 0.29) is 17.3 Å². The van der Waals surface area contributed by atoms with Crippen LogP contribution >= 0.6 is 42.7 Å². The molecule has 1 amide bonds. The van der Waals surface area contributed by atoms with Crippen molar-refractivity contribution in [1.29, 1.82) is 5.26 Å². The molecule has 1 aliphatic heterocycles. The monoisotopic (exact) mass is 467 g/mol. The molecule has 1 aliphatic rings. The summed E-state index contributed by atoms with van der Waals surface area (Å²) in [4.78, 5) is 12.0. The van der Waals surface area contributed by atoms with E-state index in [1.165, 1.54) is 18.6 Å². The first-order valence-electron chi connectivity index (χ1n) is 9.90. The predicted octanol–water partition coefficient (Wildman–Crippen LogP) is 4.98. The van der Waals surface area contributed by atoms with Crippen LogP contribution < -0.4 is 5.32 Å². The van der Waals surface area contributed by atoms with Crippen LogP contribution in [0.15, 0.2) is 0 Å². The number of nitrogens with zero attached hydrogens (tertiary/aromatic N) is 2. The van der Waals surface area contributed by atoms with Crippen LogP contribution in [0.4, 0.5) is 0 Å². The van der Waals surface area contributed by atoms with Gasteiger partial charge in [-0.05, 0) is 40.0 Å². The Kier molecular flexibility index (Phi) is 15.1. The Morgan fingerprint density at radius 3 is 2.71 bits per heavy atom. The van der Waals surface area contributed by atoms with Crippen LogP contribution in [0.1, 0.15) is 59.3 Å². The molecule has 162 valence electrons. The lowest BCUT2D eigenvalue weighted by atomic mass is 10.1. The van der Waals surface area contributed by atoms with Crippen LogP contribution in [0.25, 0.3) is 0 Å². The van der Waals surface area contributed by atoms with Crippen LogP contribution in [0, 0.1) is 11.3 Å². The molecule has 0 aromatic heterocycles. The van der Waals surface area contributed by atoms with Crippen molar-refractivity contribution in [3.63, 3.8) is 0 Å². The van der Waals surface area contributed by atoms with E-state index in [2.05, 4.69) is 42.5 Å². The molecule has 1 N–H and O–H groups in total. The third kappa shape index (κ3) is 11.5. The summed E-state index contributed by atoms with van der Waals surface area (Å²) in [5.41, 5.74) is 0. The number of nitriles is 1. The number of thiol groups is 1. The Morgan fingerprint density at radius 2 is 2.11 bits per heavy atom. The Morgan fingerprint density at radius 1 is 1.36 bits per heavy atom. The predicted molar refractivity (Wildman–Crippen MR) is 124 cm³/mol. The molecule has 0 spiro atoms. The van der Waals surface area contributed by atoms with Gasteiger partial charge in [-0.3, -0.25) is 4.79 Å². The average molecular weight is 468 g/mol. The molecule has 3 unspecified atom stereocenters. The van der Waals surface area contributed by atoms with Crippen LogP contribution in [-0.2, 0) is 13.8 Å². The van der Waals surface area contributed by atoms with Crippen molar-refractivity contribution in [3.8, 4) is 6.07 Å². The van der Waals surface area contributed by atoms with Crippen LogP contribution in [0.5, 0.6) is 0 Å². The van der Waals surface area contributed by atoms with E-state index in [0.717, 1.165) is 18.1 Å². The smallest absolute Gasteiger partial charge is 0.260 e. The molecule has 1 saturated heterocycles. The average Bonchev–Trinajstić information content (AvgIpc) is 3.15. The van der Waals surface area contributed by atoms with Crippen molar-refractivity contribution < 1.29 is 13.8 Å². The van der Waals surface area contributed by atoms with Crippen molar-refractivity contribution in [1.82, 2.24) is 9.99 Å². The summed E-state index contributed by atoms with van der Waals surface area (Å²) >= 11 is 4.52. The Hall–Kier alpha value is 0.320. The molecule has 0 radical (unpaired) electrons. The maximum atomic E-state index is 12.0. The van der Waals surface area contributed by atoms with Gasteiger partial charge in [-0.15, -0.1) is 0 Å². The minimum Gasteiger partial charge on any atom is -0.354 e. The maximum absolute atomic E-state index is 12.0. The van der Waals surface area contributed by atoms with E-state index in [0.29, 0.717) is 32.6 Å². The minimum absolute atomic E-state index is 0.0285. The number of amides is 1. The van der Waals surface area contributed by atoms with Gasteiger partial charge in [0.1, 0.15) is 0 Å². The Balaban J connectivity index is 2.23. The molecule has 1 fully saturated rings. The standard InChI is InChI=1S/C18H34N3O3PS3/c1-15(2)21(16(3)26)25(23-12-6-10-19)24-13-11-20-18(22)8-5-4-7-17-9-14-27-28-17/h15-17,26H,4-9,11-14H2,1-3H3,(H,20,22). The first kappa shape index (κ1) is 26.4. The molecular formula is C18H34N3O3PS3. The zero-order chi connectivity index (χ0) is 20.8. The van der Waals surface area contributed by atoms with Crippen LogP contribution in [0.2, 0.25) is 0 Å². The zero-order valence-electron chi connectivity index (χ0n) is 17.1. The SMILES string of the molecule is CC(C)N(C(C)S)P(OCCC#N)OCCNC(=O)CCCCC1CCSS1. The summed E-state index contributed by atoms with van der Waals surface area (Å²) in [6.45, 7) is 7.26. The second kappa shape index (κ2) is 16.1. The summed E-state index contributed by atoms with van der Waals surface area (Å²) < 4.78 is 13.7. The van der Waals surface area contributed by atoms with Crippen molar-refractivity contribution in [2.45, 2.75) is 76.0 Å². The molecule has 0 aliphatic carbocycles. The molecular weight excluding hydrogens is 433 g/mol. The van der Waals surface area contributed by atoms with Gasteiger partial charge in [0.2, 0.25) is 5.91 Å². The first-order chi connectivity index (χ1) is 13.5. The lowest BCUT2D eigenvalue weighted by Crippen LogP contribution is -2.33. The number of hydrogen-bond acceptors (Lipinski definition) is 8. The van der Waals surface area contributed by atoms with Gasteiger partial charge in [-0.1, -0.05) is 28.0 Å². The van der Waals surface area contributed by atoms with E-state index >= 15 is 0 Å². The zero-order valence-corrected chi connectivity index (χ0v) is 20.6. The minimum atomic E-state index is -1.31. The highest BCUT2D eigenvalue weighted by Crippen LogP contribution is 2.46. The van der Waals surface area contributed by atoms with Gasteiger partial charge in [-0.25, -0.2) is 4.67 Å². The molecule has 28 heavy (non-hydrogen) atoms. The number of unbranched alkanes of at least 4 members (excludes halogenated alkanes) is 1. The van der Waals surface area contributed by atoms with E-state index in [1.807, 2.05) is 28.5 Å². The molecule has 1 heterocycles. The second-order valence-corrected chi connectivity index (χ2v) is 11.8. The fraction of sp³-hybridized carbons (Fsp3) is 0.889. The largest absolute Gasteiger partial charge is 0.354 e. The van der Waals surface area contributed by atoms with Gasteiger partial charge in [0.05, 0.1) is 31.1 Å². The van der Waals surface area contributed by atoms with E-state index in [9.17, 15) is 4.79 Å². The third-order valence-electron chi connectivity index (χ3n) is 4.05. The Labute approximate surface area is 185 Å². The lowest BCUT2D eigenvalue weighted by Gasteiger charge is -2.34. The topological polar surface area (TPSA) is 74.6 Å². The van der Waals surface area contributed by atoms with Crippen molar-refractivity contribution in [2.24, 2.45) is 0 Å². The van der Waals surface area contributed by atoms with E-state index in [4.69, 9.17) is 14.3 Å². The van der Waals surface area contributed by atoms with Crippen molar-refractivity contribution >= 4 is 48.6 Å². The second-order valence-electron chi connectivity index (χ2n) is 6.84. The number of rotatable bonds is 15. The van der Waals surface area contributed by atoms with Crippen molar-refractivity contribution in [3.05, 3.63) is 0 Å². The van der Waals surface area contributed by atoms with Gasteiger partial charge in [0.25, 0.3) is 8.53 Å². The van der Waals surface area contributed by atoms with Gasteiger partial charge >= 0.3 is 0 Å². The number of hydrogen-bond donors (Lipinski definition) is 2. The van der Waals surface area contributed by atoms with E-state index in [1.54, 1.807) is 0 Å². The molecule has 3 atom stereocenters. The van der Waals surface area contributed by atoms with Gasteiger partial charge in [-0.2, -0.15) is 17.9 Å². The van der Waals surface area contributed by atoms with Crippen molar-refractivity contribution in [2.75, 3.05) is 25.5 Å². The molecule has 0 aromatic rings. The highest BCUT2D eigenvalue weighted by Gasteiger charge is 2.27. The first-order valence-corrected chi connectivity index (χ1v) is 13.9.